The van der Waals surface area contributed by atoms with Gasteiger partial charge in [0.25, 0.3) is 0 Å². The van der Waals surface area contributed by atoms with Crippen molar-refractivity contribution in [2.24, 2.45) is 0 Å². The van der Waals surface area contributed by atoms with Crippen LogP contribution in [0.5, 0.6) is 0 Å². The smallest absolute Gasteiger partial charge is 0.195 e. The summed E-state index contributed by atoms with van der Waals surface area (Å²) in [7, 11) is -3.50. The fraction of sp³-hybridized carbons (Fsp3) is 0.333. The Bertz CT molecular complexity index is 857. The molecule has 0 radical (unpaired) electrons. The third kappa shape index (κ3) is 5.57. The Kier molecular flexibility index (Phi) is 7.23. The van der Waals surface area contributed by atoms with Crippen LogP contribution in [0.25, 0.3) is 0 Å². The first-order chi connectivity index (χ1) is 12.3. The number of sulfone groups is 1. The molecule has 0 N–H and O–H groups in total. The highest BCUT2D eigenvalue weighted by Crippen LogP contribution is 2.24. The van der Waals surface area contributed by atoms with Crippen molar-refractivity contribution in [1.29, 1.82) is 0 Å². The number of aldehydes is 1. The summed E-state index contributed by atoms with van der Waals surface area (Å²) < 4.78 is 51.3. The summed E-state index contributed by atoms with van der Waals surface area (Å²) in [6.45, 7) is 0. The number of hydrogen-bond donors (Lipinski definition) is 0. The molecule has 0 spiro atoms. The molecule has 1 aromatic carbocycles. The highest BCUT2D eigenvalue weighted by atomic mass is 35.5. The maximum atomic E-state index is 13.7. The van der Waals surface area contributed by atoms with E-state index in [2.05, 4.69) is 4.98 Å². The van der Waals surface area contributed by atoms with E-state index in [1.54, 1.807) is 0 Å². The fourth-order valence-electron chi connectivity index (χ4n) is 2.58. The first-order valence-electron chi connectivity index (χ1n) is 8.08. The second kappa shape index (κ2) is 9.19. The van der Waals surface area contributed by atoms with Gasteiger partial charge in [-0.1, -0.05) is 24.4 Å². The van der Waals surface area contributed by atoms with Gasteiger partial charge in [0.2, 0.25) is 0 Å². The van der Waals surface area contributed by atoms with Crippen LogP contribution in [0.2, 0.25) is 5.02 Å². The van der Waals surface area contributed by atoms with Crippen LogP contribution in [0.3, 0.4) is 0 Å². The second-order valence-electron chi connectivity index (χ2n) is 5.89. The van der Waals surface area contributed by atoms with Crippen LogP contribution < -0.4 is 0 Å². The third-order valence-electron chi connectivity index (χ3n) is 3.97. The monoisotopic (exact) mass is 401 g/mol. The van der Waals surface area contributed by atoms with Gasteiger partial charge in [-0.05, 0) is 43.2 Å². The predicted molar refractivity (Wildman–Crippen MR) is 94.9 cm³/mol. The van der Waals surface area contributed by atoms with Gasteiger partial charge in [-0.3, -0.25) is 0 Å². The summed E-state index contributed by atoms with van der Waals surface area (Å²) >= 11 is 5.69. The van der Waals surface area contributed by atoms with Crippen molar-refractivity contribution >= 4 is 27.7 Å². The minimum atomic E-state index is -3.50. The molecule has 1 atom stereocenters. The maximum absolute atomic E-state index is 13.7. The number of benzene rings is 1. The molecule has 140 valence electrons. The van der Waals surface area contributed by atoms with Gasteiger partial charge in [0, 0.05) is 17.7 Å². The minimum absolute atomic E-state index is 0.0259. The molecule has 2 rings (SSSR count). The summed E-state index contributed by atoms with van der Waals surface area (Å²) in [5.74, 6) is -2.06. The van der Waals surface area contributed by atoms with E-state index in [-0.39, 0.29) is 16.3 Å². The van der Waals surface area contributed by atoms with Gasteiger partial charge in [0.15, 0.2) is 14.9 Å². The number of unbranched alkanes of at least 4 members (excludes halogenated alkanes) is 2. The molecule has 0 saturated heterocycles. The first-order valence-corrected chi connectivity index (χ1v) is 10.1. The highest BCUT2D eigenvalue weighted by molar-refractivity contribution is 7.91. The number of halogens is 3. The zero-order valence-electron chi connectivity index (χ0n) is 13.9. The van der Waals surface area contributed by atoms with Gasteiger partial charge < -0.3 is 4.79 Å². The summed E-state index contributed by atoms with van der Waals surface area (Å²) in [5, 5.41) is 0.322. The van der Waals surface area contributed by atoms with Gasteiger partial charge >= 0.3 is 0 Å². The molecule has 1 unspecified atom stereocenters. The lowest BCUT2D eigenvalue weighted by Gasteiger charge is -2.12. The molecule has 0 saturated carbocycles. The van der Waals surface area contributed by atoms with Crippen molar-refractivity contribution in [3.8, 4) is 0 Å². The van der Waals surface area contributed by atoms with E-state index in [1.807, 2.05) is 0 Å². The van der Waals surface area contributed by atoms with Crippen LogP contribution in [-0.2, 0) is 14.6 Å². The Labute approximate surface area is 156 Å². The standard InChI is InChI=1S/C18H18ClF2NO3S/c19-14-5-8-18(22-11-14)26(24,25)9-3-1-2-4-13(12-23)16-10-15(20)6-7-17(16)21/h5-8,10-13H,1-4,9H2. The van der Waals surface area contributed by atoms with Gasteiger partial charge in [-0.15, -0.1) is 0 Å². The lowest BCUT2D eigenvalue weighted by atomic mass is 9.94. The normalized spacial score (nSPS) is 12.7. The van der Waals surface area contributed by atoms with E-state index in [0.717, 1.165) is 18.2 Å². The Morgan fingerprint density at radius 1 is 1.12 bits per heavy atom. The maximum Gasteiger partial charge on any atom is 0.195 e. The van der Waals surface area contributed by atoms with E-state index in [9.17, 15) is 22.0 Å². The second-order valence-corrected chi connectivity index (χ2v) is 8.38. The number of pyridine rings is 1. The van der Waals surface area contributed by atoms with E-state index in [0.29, 0.717) is 37.0 Å². The Balaban J connectivity index is 1.85. The number of hydrogen-bond acceptors (Lipinski definition) is 4. The van der Waals surface area contributed by atoms with Gasteiger partial charge in [-0.2, -0.15) is 0 Å². The summed E-state index contributed by atoms with van der Waals surface area (Å²) in [5.41, 5.74) is 0.0259. The topological polar surface area (TPSA) is 64.1 Å². The third-order valence-corrected chi connectivity index (χ3v) is 5.90. The lowest BCUT2D eigenvalue weighted by Crippen LogP contribution is -2.09. The SMILES string of the molecule is O=CC(CCCCCS(=O)(=O)c1ccc(Cl)cn1)c1cc(F)ccc1F. The molecule has 1 aromatic heterocycles. The molecule has 26 heavy (non-hydrogen) atoms. The zero-order chi connectivity index (χ0) is 19.2. The molecule has 0 aliphatic rings. The number of nitrogens with zero attached hydrogens (tertiary/aromatic N) is 1. The van der Waals surface area contributed by atoms with Crippen molar-refractivity contribution in [1.82, 2.24) is 4.98 Å². The number of carbonyl (C=O) groups excluding carboxylic acids is 1. The minimum Gasteiger partial charge on any atom is -0.303 e. The molecule has 2 aromatic rings. The number of aromatic nitrogens is 1. The number of rotatable bonds is 9. The Morgan fingerprint density at radius 2 is 1.88 bits per heavy atom. The molecule has 4 nitrogen and oxygen atoms in total. The van der Waals surface area contributed by atoms with Crippen LogP contribution in [-0.4, -0.2) is 25.4 Å². The molecule has 0 amide bonds. The lowest BCUT2D eigenvalue weighted by molar-refractivity contribution is -0.109. The molecule has 0 aliphatic heterocycles. The molecular formula is C18H18ClF2NO3S. The Morgan fingerprint density at radius 3 is 2.54 bits per heavy atom. The predicted octanol–water partition coefficient (Wildman–Crippen LogP) is 4.33. The molecule has 0 aliphatic carbocycles. The molecule has 0 bridgehead atoms. The first kappa shape index (κ1) is 20.5. The highest BCUT2D eigenvalue weighted by Gasteiger charge is 2.17. The quantitative estimate of drug-likeness (QED) is 0.463. The van der Waals surface area contributed by atoms with Crippen molar-refractivity contribution in [2.75, 3.05) is 5.75 Å². The van der Waals surface area contributed by atoms with Crippen LogP contribution in [0.15, 0.2) is 41.6 Å². The average molecular weight is 402 g/mol. The van der Waals surface area contributed by atoms with Gasteiger partial charge in [-0.25, -0.2) is 22.2 Å². The van der Waals surface area contributed by atoms with E-state index >= 15 is 0 Å². The van der Waals surface area contributed by atoms with E-state index in [1.165, 1.54) is 18.3 Å². The van der Waals surface area contributed by atoms with Crippen molar-refractivity contribution in [3.05, 3.63) is 58.7 Å². The van der Waals surface area contributed by atoms with Gasteiger partial charge in [0.1, 0.15) is 17.9 Å². The Hall–Kier alpha value is -1.86. The van der Waals surface area contributed by atoms with Crippen molar-refractivity contribution in [2.45, 2.75) is 36.6 Å². The summed E-state index contributed by atoms with van der Waals surface area (Å²) in [4.78, 5) is 15.0. The summed E-state index contributed by atoms with van der Waals surface area (Å²) in [6.07, 6.45) is 3.62. The molecule has 8 heteroatoms. The van der Waals surface area contributed by atoms with Crippen molar-refractivity contribution in [3.63, 3.8) is 0 Å². The molecular weight excluding hydrogens is 384 g/mol. The van der Waals surface area contributed by atoms with Crippen LogP contribution >= 0.6 is 11.6 Å². The molecule has 0 fully saturated rings. The van der Waals surface area contributed by atoms with E-state index in [4.69, 9.17) is 11.6 Å². The van der Waals surface area contributed by atoms with Crippen molar-refractivity contribution < 1.29 is 22.0 Å². The zero-order valence-corrected chi connectivity index (χ0v) is 15.4. The fourth-order valence-corrected chi connectivity index (χ4v) is 3.97. The number of carbonyl (C=O) groups is 1. The average Bonchev–Trinajstić information content (AvgIpc) is 2.61. The summed E-state index contributed by atoms with van der Waals surface area (Å²) in [6, 6.07) is 5.82. The van der Waals surface area contributed by atoms with Crippen LogP contribution in [0.1, 0.15) is 37.2 Å². The largest absolute Gasteiger partial charge is 0.303 e. The van der Waals surface area contributed by atoms with E-state index < -0.39 is 27.4 Å². The van der Waals surface area contributed by atoms with Crippen LogP contribution in [0, 0.1) is 11.6 Å². The molecule has 1 heterocycles. The van der Waals surface area contributed by atoms with Crippen LogP contribution in [0.4, 0.5) is 8.78 Å². The van der Waals surface area contributed by atoms with Gasteiger partial charge in [0.05, 0.1) is 10.8 Å².